The SMILES string of the molecule is CN1CCN(C(=O)N2CC=C(C3Cc4c(Nc5ccc6[nH]ncc6c5)ccnc4N3)CC2)CC1. The number of aromatic nitrogens is 3. The lowest BCUT2D eigenvalue weighted by atomic mass is 9.97. The predicted octanol–water partition coefficient (Wildman–Crippen LogP) is 3.04. The number of anilines is 3. The molecule has 1 saturated heterocycles. The van der Waals surface area contributed by atoms with Crippen LogP contribution in [0.15, 0.2) is 48.3 Å². The van der Waals surface area contributed by atoms with Crippen LogP contribution in [0.4, 0.5) is 22.0 Å². The Morgan fingerprint density at radius 2 is 2.00 bits per heavy atom. The van der Waals surface area contributed by atoms with Crippen LogP contribution in [0.5, 0.6) is 0 Å². The molecular formula is C25H30N8O. The molecule has 1 atom stereocenters. The Kier molecular flexibility index (Phi) is 5.33. The van der Waals surface area contributed by atoms with Crippen LogP contribution >= 0.6 is 0 Å². The molecule has 9 heteroatoms. The van der Waals surface area contributed by atoms with Gasteiger partial charge in [0.1, 0.15) is 5.82 Å². The average molecular weight is 459 g/mol. The Morgan fingerprint density at radius 3 is 2.82 bits per heavy atom. The van der Waals surface area contributed by atoms with E-state index in [1.165, 1.54) is 11.1 Å². The summed E-state index contributed by atoms with van der Waals surface area (Å²) in [4.78, 5) is 23.7. The predicted molar refractivity (Wildman–Crippen MR) is 133 cm³/mol. The second kappa shape index (κ2) is 8.64. The van der Waals surface area contributed by atoms with Crippen molar-refractivity contribution in [1.29, 1.82) is 0 Å². The highest BCUT2D eigenvalue weighted by Crippen LogP contribution is 2.35. The molecule has 3 N–H and O–H groups in total. The molecule has 34 heavy (non-hydrogen) atoms. The molecule has 1 aromatic carbocycles. The average Bonchev–Trinajstić information content (AvgIpc) is 3.52. The molecule has 2 aromatic heterocycles. The fraction of sp³-hybridized carbons (Fsp3) is 0.400. The molecule has 0 radical (unpaired) electrons. The van der Waals surface area contributed by atoms with E-state index in [1.54, 1.807) is 0 Å². The normalized spacial score (nSPS) is 20.7. The van der Waals surface area contributed by atoms with E-state index < -0.39 is 0 Å². The number of amides is 2. The fourth-order valence-electron chi connectivity index (χ4n) is 5.13. The van der Waals surface area contributed by atoms with Gasteiger partial charge in [-0.2, -0.15) is 5.10 Å². The molecule has 3 aliphatic rings. The molecule has 0 aliphatic carbocycles. The van der Waals surface area contributed by atoms with Gasteiger partial charge in [-0.05, 0) is 43.3 Å². The van der Waals surface area contributed by atoms with Gasteiger partial charge in [-0.15, -0.1) is 0 Å². The smallest absolute Gasteiger partial charge is 0.320 e. The Hall–Kier alpha value is -3.59. The Morgan fingerprint density at radius 1 is 1.12 bits per heavy atom. The third-order valence-electron chi connectivity index (χ3n) is 7.23. The van der Waals surface area contributed by atoms with Gasteiger partial charge in [0, 0.05) is 74.2 Å². The van der Waals surface area contributed by atoms with Crippen molar-refractivity contribution in [2.45, 2.75) is 18.9 Å². The van der Waals surface area contributed by atoms with Crippen molar-refractivity contribution in [2.24, 2.45) is 0 Å². The van der Waals surface area contributed by atoms with Gasteiger partial charge in [0.25, 0.3) is 0 Å². The quantitative estimate of drug-likeness (QED) is 0.523. The molecule has 9 nitrogen and oxygen atoms in total. The monoisotopic (exact) mass is 458 g/mol. The number of nitrogens with zero attached hydrogens (tertiary/aromatic N) is 5. The largest absolute Gasteiger partial charge is 0.363 e. The summed E-state index contributed by atoms with van der Waals surface area (Å²) in [5.41, 5.74) is 5.70. The van der Waals surface area contributed by atoms with Crippen molar-refractivity contribution in [3.8, 4) is 0 Å². The molecule has 5 heterocycles. The summed E-state index contributed by atoms with van der Waals surface area (Å²) in [5.74, 6) is 0.941. The first-order valence-electron chi connectivity index (χ1n) is 12.0. The van der Waals surface area contributed by atoms with E-state index in [4.69, 9.17) is 0 Å². The molecule has 3 aliphatic heterocycles. The number of fused-ring (bicyclic) bond motifs is 2. The molecule has 2 amide bonds. The molecule has 1 unspecified atom stereocenters. The number of likely N-dealkylation sites (N-methyl/N-ethyl adjacent to an activating group) is 1. The van der Waals surface area contributed by atoms with Gasteiger partial charge >= 0.3 is 6.03 Å². The second-order valence-electron chi connectivity index (χ2n) is 9.43. The maximum Gasteiger partial charge on any atom is 0.320 e. The van der Waals surface area contributed by atoms with Crippen LogP contribution in [0, 0.1) is 0 Å². The molecule has 3 aromatic rings. The van der Waals surface area contributed by atoms with E-state index in [-0.39, 0.29) is 12.1 Å². The highest BCUT2D eigenvalue weighted by Gasteiger charge is 2.31. The van der Waals surface area contributed by atoms with Gasteiger partial charge in [-0.25, -0.2) is 9.78 Å². The number of hydrogen-bond acceptors (Lipinski definition) is 6. The number of benzene rings is 1. The van der Waals surface area contributed by atoms with Gasteiger partial charge in [-0.3, -0.25) is 5.10 Å². The van der Waals surface area contributed by atoms with Crippen molar-refractivity contribution in [2.75, 3.05) is 56.9 Å². The van der Waals surface area contributed by atoms with Crippen LogP contribution in [0.3, 0.4) is 0 Å². The zero-order valence-electron chi connectivity index (χ0n) is 19.4. The number of piperazine rings is 1. The number of aromatic amines is 1. The van der Waals surface area contributed by atoms with Crippen molar-refractivity contribution >= 4 is 34.1 Å². The summed E-state index contributed by atoms with van der Waals surface area (Å²) in [5, 5.41) is 15.4. The first-order chi connectivity index (χ1) is 16.6. The summed E-state index contributed by atoms with van der Waals surface area (Å²) in [6.45, 7) is 4.98. The summed E-state index contributed by atoms with van der Waals surface area (Å²) in [6.07, 6.45) is 7.70. The van der Waals surface area contributed by atoms with Crippen molar-refractivity contribution < 1.29 is 4.79 Å². The van der Waals surface area contributed by atoms with E-state index in [0.29, 0.717) is 6.54 Å². The van der Waals surface area contributed by atoms with Gasteiger partial charge in [0.15, 0.2) is 0 Å². The van der Waals surface area contributed by atoms with Crippen LogP contribution in [-0.2, 0) is 6.42 Å². The van der Waals surface area contributed by atoms with Gasteiger partial charge in [0.2, 0.25) is 0 Å². The zero-order chi connectivity index (χ0) is 23.1. The van der Waals surface area contributed by atoms with E-state index in [9.17, 15) is 4.79 Å². The van der Waals surface area contributed by atoms with Crippen LogP contribution in [0.1, 0.15) is 12.0 Å². The summed E-state index contributed by atoms with van der Waals surface area (Å²) in [7, 11) is 2.11. The van der Waals surface area contributed by atoms with Gasteiger partial charge < -0.3 is 25.3 Å². The Balaban J connectivity index is 1.12. The van der Waals surface area contributed by atoms with E-state index in [1.807, 2.05) is 34.3 Å². The van der Waals surface area contributed by atoms with Crippen molar-refractivity contribution in [3.05, 3.63) is 53.9 Å². The highest BCUT2D eigenvalue weighted by molar-refractivity contribution is 5.83. The molecule has 0 saturated carbocycles. The van der Waals surface area contributed by atoms with Crippen LogP contribution in [0.2, 0.25) is 0 Å². The molecule has 1 fully saturated rings. The van der Waals surface area contributed by atoms with Crippen LogP contribution in [-0.4, -0.2) is 88.3 Å². The minimum absolute atomic E-state index is 0.175. The summed E-state index contributed by atoms with van der Waals surface area (Å²) in [6, 6.07) is 8.63. The number of carbonyl (C=O) groups is 1. The fourth-order valence-corrected chi connectivity index (χ4v) is 5.13. The Labute approximate surface area is 198 Å². The minimum atomic E-state index is 0.175. The lowest BCUT2D eigenvalue weighted by molar-refractivity contribution is 0.124. The third kappa shape index (κ3) is 3.96. The van der Waals surface area contributed by atoms with Gasteiger partial charge in [0.05, 0.1) is 17.8 Å². The standard InChI is InChI=1S/C25H30N8O/c1-31-10-12-33(13-11-31)25(34)32-8-5-17(6-9-32)23-15-20-22(4-7-26-24(20)29-23)28-19-2-3-21-18(14-19)16-27-30-21/h2-5,7,14,16,23H,6,8-13,15H2,1H3,(H,27,30)(H2,26,28,29). The minimum Gasteiger partial charge on any atom is -0.363 e. The topological polar surface area (TPSA) is 92.4 Å². The highest BCUT2D eigenvalue weighted by atomic mass is 16.2. The number of carbonyl (C=O) groups excluding carboxylic acids is 1. The molecule has 0 bridgehead atoms. The molecule has 176 valence electrons. The number of nitrogens with one attached hydrogen (secondary N) is 3. The lowest BCUT2D eigenvalue weighted by Gasteiger charge is -2.37. The first kappa shape index (κ1) is 21.0. The number of urea groups is 1. The second-order valence-corrected chi connectivity index (χ2v) is 9.43. The van der Waals surface area contributed by atoms with E-state index >= 15 is 0 Å². The molecule has 0 spiro atoms. The third-order valence-corrected chi connectivity index (χ3v) is 7.23. The maximum atomic E-state index is 12.9. The van der Waals surface area contributed by atoms with E-state index in [0.717, 1.165) is 73.7 Å². The number of H-pyrrole nitrogens is 1. The molecular weight excluding hydrogens is 428 g/mol. The maximum absolute atomic E-state index is 12.9. The number of rotatable bonds is 3. The number of pyridine rings is 1. The van der Waals surface area contributed by atoms with Crippen molar-refractivity contribution in [3.63, 3.8) is 0 Å². The molecule has 6 rings (SSSR count). The Bertz CT molecular complexity index is 1240. The zero-order valence-corrected chi connectivity index (χ0v) is 19.4. The summed E-state index contributed by atoms with van der Waals surface area (Å²) < 4.78 is 0. The lowest BCUT2D eigenvalue weighted by Crippen LogP contribution is -2.52. The van der Waals surface area contributed by atoms with Crippen LogP contribution in [0.25, 0.3) is 10.9 Å². The summed E-state index contributed by atoms with van der Waals surface area (Å²) >= 11 is 0. The van der Waals surface area contributed by atoms with E-state index in [2.05, 4.69) is 56.0 Å². The van der Waals surface area contributed by atoms with Crippen molar-refractivity contribution in [1.82, 2.24) is 29.9 Å². The van der Waals surface area contributed by atoms with Crippen LogP contribution < -0.4 is 10.6 Å². The number of hydrogen-bond donors (Lipinski definition) is 3. The van der Waals surface area contributed by atoms with Gasteiger partial charge in [-0.1, -0.05) is 6.08 Å². The first-order valence-corrected chi connectivity index (χ1v) is 12.0.